The van der Waals surface area contributed by atoms with Crippen molar-refractivity contribution in [3.8, 4) is 11.5 Å². The summed E-state index contributed by atoms with van der Waals surface area (Å²) in [6.07, 6.45) is 12.5. The second-order valence-corrected chi connectivity index (χ2v) is 11.7. The third kappa shape index (κ3) is 9.10. The van der Waals surface area contributed by atoms with Gasteiger partial charge < -0.3 is 0 Å². The van der Waals surface area contributed by atoms with Gasteiger partial charge in [0.2, 0.25) is 0 Å². The molecule has 2 aromatic rings. The first-order valence-electron chi connectivity index (χ1n) is 12.3. The second kappa shape index (κ2) is 13.2. The van der Waals surface area contributed by atoms with E-state index >= 15 is 0 Å². The van der Waals surface area contributed by atoms with Crippen molar-refractivity contribution in [2.75, 3.05) is 6.16 Å². The molecule has 0 heterocycles. The quantitative estimate of drug-likeness (QED) is 0.189. The molecule has 0 fully saturated rings. The molecular weight excluding hydrogens is 419 g/mol. The normalized spacial score (nSPS) is 12.7. The Morgan fingerprint density at radius 2 is 1.12 bits per heavy atom. The van der Waals surface area contributed by atoms with E-state index in [2.05, 4.69) is 20.8 Å². The molecular formula is C27H43O4P. The predicted molar refractivity (Wildman–Crippen MR) is 137 cm³/mol. The molecule has 0 radical (unpaired) electrons. The van der Waals surface area contributed by atoms with E-state index < -0.39 is 7.94 Å². The van der Waals surface area contributed by atoms with E-state index in [0.29, 0.717) is 11.9 Å². The van der Waals surface area contributed by atoms with E-state index in [1.54, 1.807) is 12.1 Å². The standard InChI is InChI=1S/C27H43O4P/c1-4-5-6-7-8-9-10-11-12-13-22-32(29,30)31-26-20-16-24(17-21-26)27(2,3)23-14-18-25(28)19-15-23/h14-21,28-30,32H,4-13,22H2,1-3H3. The van der Waals surface area contributed by atoms with E-state index in [1.165, 1.54) is 44.9 Å². The number of phenols is 1. The summed E-state index contributed by atoms with van der Waals surface area (Å²) >= 11 is 0. The van der Waals surface area contributed by atoms with Gasteiger partial charge in [-0.05, 0) is 0 Å². The van der Waals surface area contributed by atoms with Crippen LogP contribution in [0.15, 0.2) is 48.5 Å². The number of aromatic hydroxyl groups is 1. The van der Waals surface area contributed by atoms with E-state index in [4.69, 9.17) is 4.52 Å². The molecule has 0 amide bonds. The van der Waals surface area contributed by atoms with Crippen molar-refractivity contribution >= 4 is 7.94 Å². The molecule has 4 nitrogen and oxygen atoms in total. The molecule has 0 bridgehead atoms. The van der Waals surface area contributed by atoms with Crippen LogP contribution in [0.25, 0.3) is 0 Å². The van der Waals surface area contributed by atoms with Gasteiger partial charge in [0, 0.05) is 0 Å². The van der Waals surface area contributed by atoms with E-state index in [9.17, 15) is 14.9 Å². The van der Waals surface area contributed by atoms with Crippen LogP contribution in [-0.4, -0.2) is 21.1 Å². The first-order valence-corrected chi connectivity index (χ1v) is 14.3. The molecule has 0 spiro atoms. The Kier molecular flexibility index (Phi) is 11.0. The molecule has 2 aromatic carbocycles. The summed E-state index contributed by atoms with van der Waals surface area (Å²) in [4.78, 5) is 20.7. The molecule has 0 aliphatic rings. The van der Waals surface area contributed by atoms with Crippen LogP contribution in [0, 0.1) is 0 Å². The Balaban J connectivity index is 1.74. The maximum absolute atomic E-state index is 10.4. The van der Waals surface area contributed by atoms with Crippen molar-refractivity contribution in [3.05, 3.63) is 59.7 Å². The summed E-state index contributed by atoms with van der Waals surface area (Å²) in [6, 6.07) is 14.8. The van der Waals surface area contributed by atoms with Crippen molar-refractivity contribution in [1.82, 2.24) is 0 Å². The molecule has 0 unspecified atom stereocenters. The summed E-state index contributed by atoms with van der Waals surface area (Å²) in [5.74, 6) is 0.752. The summed E-state index contributed by atoms with van der Waals surface area (Å²) < 4.78 is 5.59. The number of rotatable bonds is 15. The van der Waals surface area contributed by atoms with Gasteiger partial charge in [-0.3, -0.25) is 0 Å². The van der Waals surface area contributed by atoms with Gasteiger partial charge >= 0.3 is 195 Å². The van der Waals surface area contributed by atoms with Gasteiger partial charge in [0.15, 0.2) is 0 Å². The zero-order valence-electron chi connectivity index (χ0n) is 20.1. The number of hydrogen-bond donors (Lipinski definition) is 3. The molecule has 3 N–H and O–H groups in total. The number of phenolic OH excluding ortho intramolecular Hbond substituents is 1. The molecule has 0 saturated heterocycles. The number of hydrogen-bond acceptors (Lipinski definition) is 4. The summed E-state index contributed by atoms with van der Waals surface area (Å²) in [5.41, 5.74) is 1.95. The molecule has 0 atom stereocenters. The number of unbranched alkanes of at least 4 members (excludes halogenated alkanes) is 9. The second-order valence-electron chi connectivity index (χ2n) is 9.47. The van der Waals surface area contributed by atoms with Crippen LogP contribution in [0.4, 0.5) is 0 Å². The molecule has 5 heteroatoms. The van der Waals surface area contributed by atoms with Crippen molar-refractivity contribution in [1.29, 1.82) is 0 Å². The van der Waals surface area contributed by atoms with Crippen LogP contribution < -0.4 is 4.52 Å². The fourth-order valence-electron chi connectivity index (χ4n) is 4.07. The van der Waals surface area contributed by atoms with Crippen LogP contribution in [0.1, 0.15) is 96.1 Å². The van der Waals surface area contributed by atoms with Crippen molar-refractivity contribution in [2.45, 2.75) is 90.4 Å². The summed E-state index contributed by atoms with van der Waals surface area (Å²) in [6.45, 7) is 6.49. The molecule has 0 saturated carbocycles. The van der Waals surface area contributed by atoms with Crippen molar-refractivity contribution < 1.29 is 19.4 Å². The molecule has 0 aliphatic heterocycles. The molecule has 2 rings (SSSR count). The number of benzene rings is 2. The topological polar surface area (TPSA) is 69.9 Å². The van der Waals surface area contributed by atoms with Gasteiger partial charge in [-0.1, -0.05) is 0 Å². The first kappa shape index (κ1) is 26.6. The van der Waals surface area contributed by atoms with Gasteiger partial charge in [-0.25, -0.2) is 0 Å². The van der Waals surface area contributed by atoms with Crippen LogP contribution in [0.3, 0.4) is 0 Å². The van der Waals surface area contributed by atoms with E-state index in [-0.39, 0.29) is 11.2 Å². The Morgan fingerprint density at radius 3 is 1.62 bits per heavy atom. The van der Waals surface area contributed by atoms with Gasteiger partial charge in [-0.15, -0.1) is 0 Å². The predicted octanol–water partition coefficient (Wildman–Crippen LogP) is 7.50. The summed E-state index contributed by atoms with van der Waals surface area (Å²) in [7, 11) is -3.70. The average molecular weight is 463 g/mol. The van der Waals surface area contributed by atoms with Gasteiger partial charge in [0.1, 0.15) is 0 Å². The third-order valence-corrected chi connectivity index (χ3v) is 7.87. The molecule has 0 aliphatic carbocycles. The third-order valence-electron chi connectivity index (χ3n) is 6.30. The average Bonchev–Trinajstić information content (AvgIpc) is 2.75. The minimum atomic E-state index is -3.70. The maximum atomic E-state index is 10.4. The van der Waals surface area contributed by atoms with E-state index in [1.807, 2.05) is 36.4 Å². The zero-order valence-corrected chi connectivity index (χ0v) is 21.1. The Bertz CT molecular complexity index is 769. The monoisotopic (exact) mass is 462 g/mol. The fraction of sp³-hybridized carbons (Fsp3) is 0.556. The van der Waals surface area contributed by atoms with Gasteiger partial charge in [-0.2, -0.15) is 0 Å². The Hall–Kier alpha value is -1.61. The van der Waals surface area contributed by atoms with E-state index in [0.717, 1.165) is 30.4 Å². The fourth-order valence-corrected chi connectivity index (χ4v) is 5.39. The van der Waals surface area contributed by atoms with Gasteiger partial charge in [0.25, 0.3) is 0 Å². The van der Waals surface area contributed by atoms with Crippen LogP contribution >= 0.6 is 7.94 Å². The van der Waals surface area contributed by atoms with Crippen molar-refractivity contribution in [2.24, 2.45) is 0 Å². The van der Waals surface area contributed by atoms with Crippen LogP contribution in [-0.2, 0) is 5.41 Å². The Labute approximate surface area is 195 Å². The van der Waals surface area contributed by atoms with Gasteiger partial charge in [0.05, 0.1) is 0 Å². The zero-order chi connectivity index (χ0) is 23.5. The molecule has 180 valence electrons. The minimum absolute atomic E-state index is 0.241. The van der Waals surface area contributed by atoms with Crippen LogP contribution in [0.5, 0.6) is 11.5 Å². The summed E-state index contributed by atoms with van der Waals surface area (Å²) in [5, 5.41) is 9.53. The SMILES string of the molecule is CCCCCCCCCCCC[PH](O)(O)Oc1ccc(C(C)(C)c2ccc(O)cc2)cc1. The molecule has 0 aromatic heterocycles. The van der Waals surface area contributed by atoms with Crippen molar-refractivity contribution in [3.63, 3.8) is 0 Å². The van der Waals surface area contributed by atoms with Crippen LogP contribution in [0.2, 0.25) is 0 Å². The Morgan fingerprint density at radius 1 is 0.688 bits per heavy atom. The first-order chi connectivity index (χ1) is 15.2. The molecule has 32 heavy (non-hydrogen) atoms.